The summed E-state index contributed by atoms with van der Waals surface area (Å²) < 4.78 is 4.99. The van der Waals surface area contributed by atoms with Crippen LogP contribution in [0.3, 0.4) is 0 Å². The Morgan fingerprint density at radius 3 is 2.19 bits per heavy atom. The van der Waals surface area contributed by atoms with Crippen molar-refractivity contribution in [2.24, 2.45) is 23.7 Å². The second kappa shape index (κ2) is 5.38. The molecular weight excluding hydrogens is 276 g/mol. The zero-order valence-corrected chi connectivity index (χ0v) is 12.3. The molecule has 2 rings (SSSR count). The molecule has 21 heavy (non-hydrogen) atoms. The summed E-state index contributed by atoms with van der Waals surface area (Å²) in [6.07, 6.45) is 3.62. The van der Waals surface area contributed by atoms with Crippen molar-refractivity contribution in [3.05, 3.63) is 12.2 Å². The van der Waals surface area contributed by atoms with Gasteiger partial charge in [0.15, 0.2) is 0 Å². The summed E-state index contributed by atoms with van der Waals surface area (Å²) in [5.74, 6) is -3.07. The molecule has 3 N–H and O–H groups in total. The summed E-state index contributed by atoms with van der Waals surface area (Å²) >= 11 is 0. The molecule has 0 unspecified atom stereocenters. The predicted octanol–water partition coefficient (Wildman–Crippen LogP) is 1.07. The first-order chi connectivity index (χ1) is 9.69. The molecule has 0 heterocycles. The van der Waals surface area contributed by atoms with Gasteiger partial charge in [0.2, 0.25) is 5.91 Å². The lowest BCUT2D eigenvalue weighted by Crippen LogP contribution is -2.49. The highest BCUT2D eigenvalue weighted by Crippen LogP contribution is 2.48. The van der Waals surface area contributed by atoms with Crippen LogP contribution in [-0.4, -0.2) is 28.7 Å². The number of amides is 2. The van der Waals surface area contributed by atoms with E-state index < -0.39 is 35.4 Å². The van der Waals surface area contributed by atoms with E-state index in [9.17, 15) is 19.5 Å². The first-order valence-corrected chi connectivity index (χ1v) is 6.89. The molecule has 0 radical (unpaired) electrons. The van der Waals surface area contributed by atoms with Crippen LogP contribution in [0.4, 0.5) is 4.79 Å². The van der Waals surface area contributed by atoms with E-state index in [-0.39, 0.29) is 11.8 Å². The Balaban J connectivity index is 1.93. The van der Waals surface area contributed by atoms with Gasteiger partial charge in [-0.2, -0.15) is 0 Å². The van der Waals surface area contributed by atoms with Crippen molar-refractivity contribution in [1.29, 1.82) is 0 Å². The number of carboxylic acids is 1. The van der Waals surface area contributed by atoms with Crippen molar-refractivity contribution in [3.8, 4) is 0 Å². The molecule has 2 aliphatic carbocycles. The van der Waals surface area contributed by atoms with E-state index in [0.29, 0.717) is 6.42 Å². The molecule has 7 nitrogen and oxygen atoms in total. The summed E-state index contributed by atoms with van der Waals surface area (Å²) in [6, 6.07) is 0. The minimum atomic E-state index is -0.982. The lowest BCUT2D eigenvalue weighted by Gasteiger charge is -2.24. The Morgan fingerprint density at radius 2 is 1.67 bits per heavy atom. The molecule has 0 spiro atoms. The summed E-state index contributed by atoms with van der Waals surface area (Å²) in [4.78, 5) is 34.9. The van der Waals surface area contributed by atoms with E-state index in [2.05, 4.69) is 10.9 Å². The van der Waals surface area contributed by atoms with Gasteiger partial charge in [-0.3, -0.25) is 15.0 Å². The third kappa shape index (κ3) is 3.34. The third-order valence-corrected chi connectivity index (χ3v) is 3.73. The van der Waals surface area contributed by atoms with Gasteiger partial charge in [0, 0.05) is 0 Å². The van der Waals surface area contributed by atoms with Gasteiger partial charge in [-0.15, -0.1) is 0 Å². The van der Waals surface area contributed by atoms with Crippen LogP contribution in [0.1, 0.15) is 27.2 Å². The number of ether oxygens (including phenoxy) is 1. The van der Waals surface area contributed by atoms with Crippen molar-refractivity contribution in [2.45, 2.75) is 32.8 Å². The van der Waals surface area contributed by atoms with Gasteiger partial charge in [0.05, 0.1) is 11.8 Å². The SMILES string of the molecule is CC(C)(C)OC(=O)NNC(=O)[C@H]1[C@H](C(=O)O)[C@H]2C=C[C@H]1C2. The standard InChI is InChI=1S/C14H20N2O5/c1-14(2,3)21-13(20)16-15-11(17)9-7-4-5-8(6-7)10(9)12(18)19/h4-5,7-10H,6H2,1-3H3,(H,15,17)(H,16,20)(H,18,19)/t7-,8-,9+,10+/m0/s1. The van der Waals surface area contributed by atoms with E-state index in [1.165, 1.54) is 0 Å². The lowest BCUT2D eigenvalue weighted by atomic mass is 9.82. The predicted molar refractivity (Wildman–Crippen MR) is 72.9 cm³/mol. The second-order valence-corrected chi connectivity index (χ2v) is 6.45. The molecule has 1 fully saturated rings. The average molecular weight is 296 g/mol. The Labute approximate surface area is 122 Å². The molecule has 2 amide bonds. The molecular formula is C14H20N2O5. The maximum Gasteiger partial charge on any atom is 0.426 e. The first kappa shape index (κ1) is 15.3. The highest BCUT2D eigenvalue weighted by atomic mass is 16.6. The molecule has 0 aromatic rings. The number of aliphatic carboxylic acids is 1. The van der Waals surface area contributed by atoms with Crippen LogP contribution in [0.2, 0.25) is 0 Å². The molecule has 2 bridgehead atoms. The second-order valence-electron chi connectivity index (χ2n) is 6.45. The van der Waals surface area contributed by atoms with Gasteiger partial charge in [-0.05, 0) is 39.0 Å². The third-order valence-electron chi connectivity index (χ3n) is 3.73. The van der Waals surface area contributed by atoms with Crippen molar-refractivity contribution in [3.63, 3.8) is 0 Å². The van der Waals surface area contributed by atoms with E-state index >= 15 is 0 Å². The topological polar surface area (TPSA) is 105 Å². The molecule has 0 aliphatic heterocycles. The first-order valence-electron chi connectivity index (χ1n) is 6.89. The fourth-order valence-corrected chi connectivity index (χ4v) is 3.02. The van der Waals surface area contributed by atoms with E-state index in [1.54, 1.807) is 20.8 Å². The number of hydrazine groups is 1. The number of hydrogen-bond donors (Lipinski definition) is 3. The number of hydrogen-bond acceptors (Lipinski definition) is 4. The average Bonchev–Trinajstić information content (AvgIpc) is 2.93. The zero-order chi connectivity index (χ0) is 15.8. The molecule has 1 saturated carbocycles. The van der Waals surface area contributed by atoms with Gasteiger partial charge in [-0.25, -0.2) is 10.2 Å². The van der Waals surface area contributed by atoms with Crippen molar-refractivity contribution in [2.75, 3.05) is 0 Å². The molecule has 0 aromatic heterocycles. The molecule has 4 atom stereocenters. The highest BCUT2D eigenvalue weighted by Gasteiger charge is 2.51. The largest absolute Gasteiger partial charge is 0.481 e. The monoisotopic (exact) mass is 296 g/mol. The van der Waals surface area contributed by atoms with Gasteiger partial charge in [0.25, 0.3) is 0 Å². The minimum Gasteiger partial charge on any atom is -0.481 e. The number of nitrogens with one attached hydrogen (secondary N) is 2. The Hall–Kier alpha value is -2.05. The van der Waals surface area contributed by atoms with Crippen LogP contribution in [0.15, 0.2) is 12.2 Å². The van der Waals surface area contributed by atoms with Crippen LogP contribution < -0.4 is 10.9 Å². The molecule has 116 valence electrons. The maximum atomic E-state index is 12.1. The Bertz CT molecular complexity index is 494. The Morgan fingerprint density at radius 1 is 1.10 bits per heavy atom. The van der Waals surface area contributed by atoms with Crippen molar-refractivity contribution >= 4 is 18.0 Å². The number of fused-ring (bicyclic) bond motifs is 2. The fraction of sp³-hybridized carbons (Fsp3) is 0.643. The number of carboxylic acid groups (broad SMARTS) is 1. The van der Waals surface area contributed by atoms with Crippen LogP contribution in [0.5, 0.6) is 0 Å². The van der Waals surface area contributed by atoms with Crippen LogP contribution >= 0.6 is 0 Å². The smallest absolute Gasteiger partial charge is 0.426 e. The highest BCUT2D eigenvalue weighted by molar-refractivity contribution is 5.87. The zero-order valence-electron chi connectivity index (χ0n) is 12.3. The fourth-order valence-electron chi connectivity index (χ4n) is 3.02. The van der Waals surface area contributed by atoms with Crippen molar-refractivity contribution in [1.82, 2.24) is 10.9 Å². The van der Waals surface area contributed by atoms with E-state index in [0.717, 1.165) is 0 Å². The molecule has 0 aromatic carbocycles. The van der Waals surface area contributed by atoms with Gasteiger partial charge in [-0.1, -0.05) is 12.2 Å². The molecule has 7 heteroatoms. The number of carbonyl (C=O) groups excluding carboxylic acids is 2. The van der Waals surface area contributed by atoms with Crippen LogP contribution in [-0.2, 0) is 14.3 Å². The van der Waals surface area contributed by atoms with Gasteiger partial charge in [0.1, 0.15) is 5.60 Å². The quantitative estimate of drug-likeness (QED) is 0.522. The summed E-state index contributed by atoms with van der Waals surface area (Å²) in [7, 11) is 0. The summed E-state index contributed by atoms with van der Waals surface area (Å²) in [6.45, 7) is 5.11. The lowest BCUT2D eigenvalue weighted by molar-refractivity contribution is -0.148. The van der Waals surface area contributed by atoms with Crippen LogP contribution in [0.25, 0.3) is 0 Å². The van der Waals surface area contributed by atoms with E-state index in [1.807, 2.05) is 12.2 Å². The summed E-state index contributed by atoms with van der Waals surface area (Å²) in [5.41, 5.74) is 3.74. The normalized spacial score (nSPS) is 30.0. The maximum absolute atomic E-state index is 12.1. The number of allylic oxidation sites excluding steroid dienone is 2. The molecule has 0 saturated heterocycles. The van der Waals surface area contributed by atoms with Gasteiger partial charge < -0.3 is 9.84 Å². The number of carbonyl (C=O) groups is 3. The summed E-state index contributed by atoms with van der Waals surface area (Å²) in [5, 5.41) is 9.26. The van der Waals surface area contributed by atoms with Gasteiger partial charge >= 0.3 is 12.1 Å². The Kier molecular flexibility index (Phi) is 3.93. The van der Waals surface area contributed by atoms with Crippen molar-refractivity contribution < 1.29 is 24.2 Å². The van der Waals surface area contributed by atoms with E-state index in [4.69, 9.17) is 4.74 Å². The minimum absolute atomic E-state index is 0.0865. The van der Waals surface area contributed by atoms with Crippen LogP contribution in [0, 0.1) is 23.7 Å². The number of rotatable bonds is 2. The molecule has 2 aliphatic rings.